The lowest BCUT2D eigenvalue weighted by Crippen LogP contribution is -2.31. The van der Waals surface area contributed by atoms with E-state index in [-0.39, 0.29) is 5.91 Å². The molecule has 1 rings (SSSR count). The molecule has 18 heavy (non-hydrogen) atoms. The smallest absolute Gasteiger partial charge is 0.289 e. The summed E-state index contributed by atoms with van der Waals surface area (Å²) < 4.78 is 5.05. The number of hydrogen-bond donors (Lipinski definition) is 2. The van der Waals surface area contributed by atoms with Crippen LogP contribution in [0.2, 0.25) is 0 Å². The minimum Gasteiger partial charge on any atom is -0.351 e. The molecule has 0 fully saturated rings. The fraction of sp³-hybridized carbons (Fsp3) is 0.692. The molecule has 102 valence electrons. The van der Waals surface area contributed by atoms with Crippen LogP contribution in [-0.2, 0) is 0 Å². The van der Waals surface area contributed by atoms with Crippen molar-refractivity contribution in [3.63, 3.8) is 0 Å². The van der Waals surface area contributed by atoms with Crippen LogP contribution in [0.3, 0.4) is 0 Å². The number of hydrogen-bond acceptors (Lipinski definition) is 4. The molecule has 0 aliphatic heterocycles. The second-order valence-electron chi connectivity index (χ2n) is 4.43. The number of carbonyl (C=O) groups is 1. The van der Waals surface area contributed by atoms with Crippen LogP contribution in [0.1, 0.15) is 55.8 Å². The maximum atomic E-state index is 11.7. The topological polar surface area (TPSA) is 67.2 Å². The Hall–Kier alpha value is -1.36. The third kappa shape index (κ3) is 4.49. The molecule has 1 aromatic rings. The summed E-state index contributed by atoms with van der Waals surface area (Å²) in [6.45, 7) is 8.59. The molecule has 2 N–H and O–H groups in total. The lowest BCUT2D eigenvalue weighted by atomic mass is 10.1. The normalized spacial score (nSPS) is 12.4. The van der Waals surface area contributed by atoms with E-state index in [0.29, 0.717) is 18.2 Å². The van der Waals surface area contributed by atoms with E-state index in [9.17, 15) is 4.79 Å². The van der Waals surface area contributed by atoms with Crippen LogP contribution < -0.4 is 10.6 Å². The van der Waals surface area contributed by atoms with E-state index in [1.54, 1.807) is 6.07 Å². The summed E-state index contributed by atoms with van der Waals surface area (Å²) in [6.07, 6.45) is 2.07. The quantitative estimate of drug-likeness (QED) is 0.695. The summed E-state index contributed by atoms with van der Waals surface area (Å²) >= 11 is 0. The minimum absolute atomic E-state index is 0.199. The molecule has 1 atom stereocenters. The van der Waals surface area contributed by atoms with Crippen molar-refractivity contribution in [2.75, 3.05) is 19.6 Å². The molecule has 1 heterocycles. The first kappa shape index (κ1) is 14.7. The predicted molar refractivity (Wildman–Crippen MR) is 70.7 cm³/mol. The Balaban J connectivity index is 2.35. The number of carbonyl (C=O) groups excluding carboxylic acids is 1. The Labute approximate surface area is 108 Å². The van der Waals surface area contributed by atoms with Crippen molar-refractivity contribution >= 4 is 5.91 Å². The zero-order valence-corrected chi connectivity index (χ0v) is 11.5. The van der Waals surface area contributed by atoms with Crippen LogP contribution in [0, 0.1) is 0 Å². The lowest BCUT2D eigenvalue weighted by Gasteiger charge is -2.03. The van der Waals surface area contributed by atoms with Crippen molar-refractivity contribution in [3.8, 4) is 0 Å². The van der Waals surface area contributed by atoms with Gasteiger partial charge in [0.1, 0.15) is 0 Å². The van der Waals surface area contributed by atoms with Gasteiger partial charge in [-0.2, -0.15) is 0 Å². The Kier molecular flexibility index (Phi) is 6.43. The molecule has 0 saturated heterocycles. The molecule has 0 aliphatic carbocycles. The van der Waals surface area contributed by atoms with Gasteiger partial charge in [0.2, 0.25) is 5.76 Å². The third-order valence-corrected chi connectivity index (χ3v) is 2.88. The van der Waals surface area contributed by atoms with Crippen molar-refractivity contribution < 1.29 is 9.32 Å². The van der Waals surface area contributed by atoms with E-state index in [4.69, 9.17) is 4.52 Å². The van der Waals surface area contributed by atoms with Crippen LogP contribution in [-0.4, -0.2) is 30.7 Å². The summed E-state index contributed by atoms with van der Waals surface area (Å²) in [5, 5.41) is 9.92. The maximum absolute atomic E-state index is 11.7. The van der Waals surface area contributed by atoms with E-state index in [0.717, 1.165) is 31.6 Å². The first-order chi connectivity index (χ1) is 8.69. The fourth-order valence-corrected chi connectivity index (χ4v) is 1.49. The highest BCUT2D eigenvalue weighted by Crippen LogP contribution is 2.17. The summed E-state index contributed by atoms with van der Waals surface area (Å²) in [7, 11) is 0. The zero-order valence-electron chi connectivity index (χ0n) is 11.5. The number of nitrogens with one attached hydrogen (secondary N) is 2. The molecule has 0 saturated carbocycles. The first-order valence-electron chi connectivity index (χ1n) is 6.64. The highest BCUT2D eigenvalue weighted by molar-refractivity contribution is 5.91. The van der Waals surface area contributed by atoms with Gasteiger partial charge in [-0.15, -0.1) is 0 Å². The van der Waals surface area contributed by atoms with Gasteiger partial charge < -0.3 is 15.2 Å². The number of nitrogens with zero attached hydrogens (tertiary/aromatic N) is 1. The monoisotopic (exact) mass is 253 g/mol. The highest BCUT2D eigenvalue weighted by atomic mass is 16.5. The first-order valence-corrected chi connectivity index (χ1v) is 6.64. The van der Waals surface area contributed by atoms with E-state index < -0.39 is 0 Å². The van der Waals surface area contributed by atoms with Gasteiger partial charge in [-0.3, -0.25) is 4.79 Å². The van der Waals surface area contributed by atoms with Gasteiger partial charge >= 0.3 is 0 Å². The van der Waals surface area contributed by atoms with Crippen LogP contribution in [0.25, 0.3) is 0 Å². The molecule has 0 bridgehead atoms. The number of aromatic nitrogens is 1. The van der Waals surface area contributed by atoms with Crippen LogP contribution >= 0.6 is 0 Å². The fourth-order valence-electron chi connectivity index (χ4n) is 1.49. The van der Waals surface area contributed by atoms with Gasteiger partial charge in [0.05, 0.1) is 5.69 Å². The SMILES string of the molecule is CCCNCCNC(=O)c1cc(C(C)CC)no1. The van der Waals surface area contributed by atoms with Gasteiger partial charge in [-0.1, -0.05) is 25.9 Å². The van der Waals surface area contributed by atoms with Crippen molar-refractivity contribution in [1.29, 1.82) is 0 Å². The van der Waals surface area contributed by atoms with Crippen molar-refractivity contribution in [2.45, 2.75) is 39.5 Å². The van der Waals surface area contributed by atoms with Crippen molar-refractivity contribution in [2.24, 2.45) is 0 Å². The predicted octanol–water partition coefficient (Wildman–Crippen LogP) is 1.92. The molecule has 1 amide bonds. The molecule has 0 aromatic carbocycles. The summed E-state index contributed by atoms with van der Waals surface area (Å²) in [5.74, 6) is 0.415. The Morgan fingerprint density at radius 3 is 2.83 bits per heavy atom. The average Bonchev–Trinajstić information content (AvgIpc) is 2.87. The van der Waals surface area contributed by atoms with Crippen LogP contribution in [0.15, 0.2) is 10.6 Å². The van der Waals surface area contributed by atoms with E-state index in [1.165, 1.54) is 0 Å². The van der Waals surface area contributed by atoms with Crippen LogP contribution in [0.4, 0.5) is 0 Å². The zero-order chi connectivity index (χ0) is 13.4. The number of amides is 1. The molecule has 1 unspecified atom stereocenters. The summed E-state index contributed by atoms with van der Waals surface area (Å²) in [4.78, 5) is 11.7. The number of rotatable bonds is 8. The van der Waals surface area contributed by atoms with E-state index in [2.05, 4.69) is 36.6 Å². The molecule has 5 nitrogen and oxygen atoms in total. The van der Waals surface area contributed by atoms with Gasteiger partial charge in [0.25, 0.3) is 5.91 Å². The molecular formula is C13H23N3O2. The molecular weight excluding hydrogens is 230 g/mol. The molecule has 1 aromatic heterocycles. The van der Waals surface area contributed by atoms with Gasteiger partial charge in [-0.25, -0.2) is 0 Å². The summed E-state index contributed by atoms with van der Waals surface area (Å²) in [5.41, 5.74) is 0.840. The van der Waals surface area contributed by atoms with Crippen LogP contribution in [0.5, 0.6) is 0 Å². The van der Waals surface area contributed by atoms with Crippen molar-refractivity contribution in [3.05, 3.63) is 17.5 Å². The second-order valence-corrected chi connectivity index (χ2v) is 4.43. The standard InChI is InChI=1S/C13H23N3O2/c1-4-6-14-7-8-15-13(17)12-9-11(16-18-12)10(3)5-2/h9-10,14H,4-8H2,1-3H3,(H,15,17). The minimum atomic E-state index is -0.199. The Morgan fingerprint density at radius 1 is 1.39 bits per heavy atom. The molecule has 0 aliphatic rings. The molecule has 0 spiro atoms. The van der Waals surface area contributed by atoms with Gasteiger partial charge in [-0.05, 0) is 19.4 Å². The average molecular weight is 253 g/mol. The third-order valence-electron chi connectivity index (χ3n) is 2.88. The van der Waals surface area contributed by atoms with Crippen molar-refractivity contribution in [1.82, 2.24) is 15.8 Å². The maximum Gasteiger partial charge on any atom is 0.289 e. The van der Waals surface area contributed by atoms with E-state index >= 15 is 0 Å². The Bertz CT molecular complexity index is 363. The Morgan fingerprint density at radius 2 is 2.17 bits per heavy atom. The highest BCUT2D eigenvalue weighted by Gasteiger charge is 2.15. The largest absolute Gasteiger partial charge is 0.351 e. The van der Waals surface area contributed by atoms with Gasteiger partial charge in [0.15, 0.2) is 0 Å². The van der Waals surface area contributed by atoms with Gasteiger partial charge in [0, 0.05) is 25.1 Å². The summed E-state index contributed by atoms with van der Waals surface area (Å²) in [6, 6.07) is 1.73. The molecule has 0 radical (unpaired) electrons. The second kappa shape index (κ2) is 7.87. The molecule has 5 heteroatoms. The van der Waals surface area contributed by atoms with E-state index in [1.807, 2.05) is 0 Å². The lowest BCUT2D eigenvalue weighted by molar-refractivity contribution is 0.0917.